The van der Waals surface area contributed by atoms with Crippen LogP contribution in [0.1, 0.15) is 51.9 Å². The molecule has 21 heavy (non-hydrogen) atoms. The monoisotopic (exact) mass is 305 g/mol. The molecule has 1 fully saturated rings. The minimum Gasteiger partial charge on any atom is -0.325 e. The van der Waals surface area contributed by atoms with Crippen LogP contribution in [0.4, 0.5) is 5.69 Å². The van der Waals surface area contributed by atoms with Gasteiger partial charge in [-0.2, -0.15) is 0 Å². The highest BCUT2D eigenvalue weighted by molar-refractivity contribution is 7.98. The molecule has 0 aromatic heterocycles. The van der Waals surface area contributed by atoms with E-state index in [0.29, 0.717) is 0 Å². The molecule has 0 radical (unpaired) electrons. The third kappa shape index (κ3) is 4.77. The van der Waals surface area contributed by atoms with Crippen molar-refractivity contribution in [1.82, 2.24) is 0 Å². The first-order chi connectivity index (χ1) is 10.2. The fourth-order valence-corrected chi connectivity index (χ4v) is 3.74. The molecule has 1 amide bonds. The Hall–Kier alpha value is -0.960. The molecule has 1 aromatic carbocycles. The maximum atomic E-state index is 12.4. The second-order valence-corrected chi connectivity index (χ2v) is 6.90. The maximum absolute atomic E-state index is 12.4. The number of carbonyl (C=O) groups excluding carboxylic acids is 1. The molecule has 1 aliphatic carbocycles. The van der Waals surface area contributed by atoms with E-state index in [1.165, 1.54) is 32.1 Å². The van der Waals surface area contributed by atoms with E-state index in [4.69, 9.17) is 0 Å². The van der Waals surface area contributed by atoms with Crippen molar-refractivity contribution in [2.45, 2.75) is 56.8 Å². The predicted octanol–water partition coefficient (Wildman–Crippen LogP) is 5.34. The summed E-state index contributed by atoms with van der Waals surface area (Å²) in [5.41, 5.74) is 0.961. The van der Waals surface area contributed by atoms with Gasteiger partial charge in [-0.05, 0) is 50.0 Å². The van der Waals surface area contributed by atoms with Gasteiger partial charge >= 0.3 is 0 Å². The van der Waals surface area contributed by atoms with Gasteiger partial charge in [0.15, 0.2) is 0 Å². The molecule has 1 aliphatic rings. The van der Waals surface area contributed by atoms with Crippen molar-refractivity contribution in [2.24, 2.45) is 11.8 Å². The van der Waals surface area contributed by atoms with Gasteiger partial charge in [-0.1, -0.05) is 38.3 Å². The van der Waals surface area contributed by atoms with Crippen LogP contribution in [0.25, 0.3) is 0 Å². The highest BCUT2D eigenvalue weighted by atomic mass is 32.2. The number of hydrogen-bond donors (Lipinski definition) is 1. The van der Waals surface area contributed by atoms with E-state index in [-0.39, 0.29) is 11.8 Å². The van der Waals surface area contributed by atoms with Crippen molar-refractivity contribution in [3.63, 3.8) is 0 Å². The van der Waals surface area contributed by atoms with Crippen molar-refractivity contribution in [3.8, 4) is 0 Å². The van der Waals surface area contributed by atoms with Gasteiger partial charge in [-0.3, -0.25) is 4.79 Å². The maximum Gasteiger partial charge on any atom is 0.227 e. The number of amides is 1. The molecule has 0 spiro atoms. The molecule has 1 aromatic rings. The predicted molar refractivity (Wildman–Crippen MR) is 91.8 cm³/mol. The summed E-state index contributed by atoms with van der Waals surface area (Å²) in [6, 6.07) is 8.05. The Balaban J connectivity index is 1.85. The van der Waals surface area contributed by atoms with E-state index in [0.717, 1.165) is 29.3 Å². The Morgan fingerprint density at radius 1 is 1.24 bits per heavy atom. The molecule has 0 saturated heterocycles. The van der Waals surface area contributed by atoms with E-state index >= 15 is 0 Å². The molecule has 0 bridgehead atoms. The first-order valence-electron chi connectivity index (χ1n) is 8.18. The molecular formula is C18H27NOS. The smallest absolute Gasteiger partial charge is 0.227 e. The third-order valence-corrected chi connectivity index (χ3v) is 5.34. The second-order valence-electron chi connectivity index (χ2n) is 6.05. The molecule has 1 saturated carbocycles. The van der Waals surface area contributed by atoms with Gasteiger partial charge in [0.25, 0.3) is 0 Å². The van der Waals surface area contributed by atoms with Crippen LogP contribution in [-0.2, 0) is 4.79 Å². The Labute approximate surface area is 133 Å². The van der Waals surface area contributed by atoms with Gasteiger partial charge in [0.05, 0.1) is 5.69 Å². The highest BCUT2D eigenvalue weighted by Crippen LogP contribution is 2.33. The summed E-state index contributed by atoms with van der Waals surface area (Å²) in [7, 11) is 0. The number of carbonyl (C=O) groups is 1. The van der Waals surface area contributed by atoms with Crippen LogP contribution in [0, 0.1) is 11.8 Å². The zero-order valence-electron chi connectivity index (χ0n) is 13.2. The first kappa shape index (κ1) is 16.4. The van der Waals surface area contributed by atoms with E-state index < -0.39 is 0 Å². The van der Waals surface area contributed by atoms with Gasteiger partial charge in [0.2, 0.25) is 5.91 Å². The Morgan fingerprint density at radius 3 is 2.62 bits per heavy atom. The second kappa shape index (κ2) is 8.47. The Bertz CT molecular complexity index is 452. The van der Waals surface area contributed by atoms with Crippen molar-refractivity contribution in [2.75, 3.05) is 11.6 Å². The summed E-state index contributed by atoms with van der Waals surface area (Å²) in [4.78, 5) is 13.6. The lowest BCUT2D eigenvalue weighted by Gasteiger charge is -2.28. The van der Waals surface area contributed by atoms with Crippen LogP contribution in [0.15, 0.2) is 29.2 Å². The van der Waals surface area contributed by atoms with Gasteiger partial charge in [0.1, 0.15) is 0 Å². The van der Waals surface area contributed by atoms with Gasteiger partial charge < -0.3 is 5.32 Å². The van der Waals surface area contributed by atoms with Crippen LogP contribution >= 0.6 is 11.8 Å². The fraction of sp³-hybridized carbons (Fsp3) is 0.611. The van der Waals surface area contributed by atoms with Crippen molar-refractivity contribution in [3.05, 3.63) is 24.3 Å². The largest absolute Gasteiger partial charge is 0.325 e. The van der Waals surface area contributed by atoms with Crippen LogP contribution < -0.4 is 5.32 Å². The quantitative estimate of drug-likeness (QED) is 0.718. The lowest BCUT2D eigenvalue weighted by atomic mass is 9.79. The summed E-state index contributed by atoms with van der Waals surface area (Å²) in [6.07, 6.45) is 10.6. The standard InChI is InChI=1S/C18H27NOS/c1-3-4-7-14-10-12-15(13-11-14)18(20)19-16-8-5-6-9-17(16)21-2/h5-6,8-9,14-15H,3-4,7,10-13H2,1-2H3,(H,19,20). The van der Waals surface area contributed by atoms with Crippen molar-refractivity contribution in [1.29, 1.82) is 0 Å². The van der Waals surface area contributed by atoms with Crippen LogP contribution in [0.2, 0.25) is 0 Å². The van der Waals surface area contributed by atoms with E-state index in [2.05, 4.69) is 18.3 Å². The average molecular weight is 305 g/mol. The van der Waals surface area contributed by atoms with E-state index in [1.807, 2.05) is 24.5 Å². The lowest BCUT2D eigenvalue weighted by molar-refractivity contribution is -0.121. The van der Waals surface area contributed by atoms with Crippen molar-refractivity contribution < 1.29 is 4.79 Å². The number of unbranched alkanes of at least 4 members (excludes halogenated alkanes) is 1. The summed E-state index contributed by atoms with van der Waals surface area (Å²) in [5.74, 6) is 1.27. The molecule has 0 unspecified atom stereocenters. The van der Waals surface area contributed by atoms with Crippen molar-refractivity contribution >= 4 is 23.4 Å². The minimum absolute atomic E-state index is 0.206. The highest BCUT2D eigenvalue weighted by Gasteiger charge is 2.26. The van der Waals surface area contributed by atoms with Crippen LogP contribution in [0.3, 0.4) is 0 Å². The molecule has 0 heterocycles. The number of para-hydroxylation sites is 1. The number of thioether (sulfide) groups is 1. The molecule has 0 atom stereocenters. The fourth-order valence-electron chi connectivity index (χ4n) is 3.19. The third-order valence-electron chi connectivity index (χ3n) is 4.55. The van der Waals surface area contributed by atoms with Crippen LogP contribution in [0.5, 0.6) is 0 Å². The Morgan fingerprint density at radius 2 is 1.95 bits per heavy atom. The Kier molecular flexibility index (Phi) is 6.62. The average Bonchev–Trinajstić information content (AvgIpc) is 2.54. The molecule has 1 N–H and O–H groups in total. The summed E-state index contributed by atoms with van der Waals surface area (Å²) < 4.78 is 0. The van der Waals surface area contributed by atoms with Gasteiger partial charge in [-0.25, -0.2) is 0 Å². The minimum atomic E-state index is 0.206. The molecule has 0 aliphatic heterocycles. The normalized spacial score (nSPS) is 22.0. The number of hydrogen-bond acceptors (Lipinski definition) is 2. The first-order valence-corrected chi connectivity index (χ1v) is 9.41. The molecule has 2 rings (SSSR count). The van der Waals surface area contributed by atoms with E-state index in [1.54, 1.807) is 11.8 Å². The molecule has 3 heteroatoms. The number of benzene rings is 1. The molecule has 116 valence electrons. The summed E-state index contributed by atoms with van der Waals surface area (Å²) in [5, 5.41) is 3.13. The van der Waals surface area contributed by atoms with E-state index in [9.17, 15) is 4.79 Å². The SMILES string of the molecule is CCCCC1CCC(C(=O)Nc2ccccc2SC)CC1. The topological polar surface area (TPSA) is 29.1 Å². The summed E-state index contributed by atoms with van der Waals surface area (Å²) in [6.45, 7) is 2.25. The zero-order chi connectivity index (χ0) is 15.1. The molecular weight excluding hydrogens is 278 g/mol. The lowest BCUT2D eigenvalue weighted by Crippen LogP contribution is -2.27. The van der Waals surface area contributed by atoms with Crippen LogP contribution in [-0.4, -0.2) is 12.2 Å². The number of anilines is 1. The molecule has 2 nitrogen and oxygen atoms in total. The number of nitrogens with one attached hydrogen (secondary N) is 1. The summed E-state index contributed by atoms with van der Waals surface area (Å²) >= 11 is 1.68. The van der Waals surface area contributed by atoms with Gasteiger partial charge in [-0.15, -0.1) is 11.8 Å². The number of rotatable bonds is 6. The van der Waals surface area contributed by atoms with Gasteiger partial charge in [0, 0.05) is 10.8 Å². The zero-order valence-corrected chi connectivity index (χ0v) is 14.0.